The van der Waals surface area contributed by atoms with E-state index in [0.29, 0.717) is 22.6 Å². The van der Waals surface area contributed by atoms with E-state index in [4.69, 9.17) is 0 Å². The van der Waals surface area contributed by atoms with E-state index in [-0.39, 0.29) is 5.56 Å². The Morgan fingerprint density at radius 2 is 1.62 bits per heavy atom. The number of benzene rings is 2. The van der Waals surface area contributed by atoms with Gasteiger partial charge in [0.25, 0.3) is 5.56 Å². The van der Waals surface area contributed by atoms with Crippen molar-refractivity contribution < 1.29 is 13.2 Å². The van der Waals surface area contributed by atoms with Crippen molar-refractivity contribution in [3.8, 4) is 28.2 Å². The zero-order valence-corrected chi connectivity index (χ0v) is 15.4. The standard InChI is InChI=1S/C22H16F3N3O/c1-14-7-12-18(21(29)26-14)19-13-20(15-5-3-2-4-6-15)28(27-19)17-10-8-16(9-11-17)22(23,24)25/h2-13H,1H3,(H,26,29). The largest absolute Gasteiger partial charge is 0.416 e. The van der Waals surface area contributed by atoms with Gasteiger partial charge in [-0.15, -0.1) is 0 Å². The van der Waals surface area contributed by atoms with Crippen molar-refractivity contribution in [1.82, 2.24) is 14.8 Å². The lowest BCUT2D eigenvalue weighted by Gasteiger charge is -2.10. The molecule has 0 radical (unpaired) electrons. The van der Waals surface area contributed by atoms with Crippen LogP contribution in [0.3, 0.4) is 0 Å². The van der Waals surface area contributed by atoms with Crippen molar-refractivity contribution in [3.05, 3.63) is 94.4 Å². The van der Waals surface area contributed by atoms with Crippen molar-refractivity contribution in [1.29, 1.82) is 0 Å². The number of nitrogens with one attached hydrogen (secondary N) is 1. The predicted octanol–water partition coefficient (Wildman–Crippen LogP) is 5.22. The Morgan fingerprint density at radius 3 is 2.24 bits per heavy atom. The fourth-order valence-corrected chi connectivity index (χ4v) is 3.09. The number of pyridine rings is 1. The second kappa shape index (κ2) is 7.09. The van der Waals surface area contributed by atoms with E-state index < -0.39 is 11.7 Å². The van der Waals surface area contributed by atoms with Gasteiger partial charge in [-0.2, -0.15) is 18.3 Å². The normalized spacial score (nSPS) is 11.6. The van der Waals surface area contributed by atoms with Crippen LogP contribution in [0.25, 0.3) is 28.2 Å². The van der Waals surface area contributed by atoms with Crippen LogP contribution in [0.5, 0.6) is 0 Å². The van der Waals surface area contributed by atoms with Crippen molar-refractivity contribution in [2.24, 2.45) is 0 Å². The third-order valence-corrected chi connectivity index (χ3v) is 4.55. The summed E-state index contributed by atoms with van der Waals surface area (Å²) in [6.07, 6.45) is -4.41. The lowest BCUT2D eigenvalue weighted by molar-refractivity contribution is -0.137. The van der Waals surface area contributed by atoms with Crippen LogP contribution in [0.4, 0.5) is 13.2 Å². The molecule has 4 aromatic rings. The monoisotopic (exact) mass is 395 g/mol. The van der Waals surface area contributed by atoms with Crippen LogP contribution in [0, 0.1) is 6.92 Å². The minimum Gasteiger partial charge on any atom is -0.326 e. The molecule has 4 rings (SSSR count). The number of nitrogens with zero attached hydrogens (tertiary/aromatic N) is 2. The molecule has 2 heterocycles. The molecule has 0 amide bonds. The van der Waals surface area contributed by atoms with Gasteiger partial charge < -0.3 is 4.98 Å². The van der Waals surface area contributed by atoms with Crippen molar-refractivity contribution in [2.45, 2.75) is 13.1 Å². The second-order valence-corrected chi connectivity index (χ2v) is 6.62. The predicted molar refractivity (Wildman–Crippen MR) is 105 cm³/mol. The molecule has 0 unspecified atom stereocenters. The molecule has 0 spiro atoms. The highest BCUT2D eigenvalue weighted by atomic mass is 19.4. The second-order valence-electron chi connectivity index (χ2n) is 6.62. The maximum atomic E-state index is 12.9. The third-order valence-electron chi connectivity index (χ3n) is 4.55. The Hall–Kier alpha value is -3.61. The highest BCUT2D eigenvalue weighted by Crippen LogP contribution is 2.31. The molecule has 0 saturated carbocycles. The number of hydrogen-bond donors (Lipinski definition) is 1. The van der Waals surface area contributed by atoms with Crippen LogP contribution in [-0.4, -0.2) is 14.8 Å². The van der Waals surface area contributed by atoms with E-state index in [1.54, 1.807) is 29.8 Å². The van der Waals surface area contributed by atoms with Crippen LogP contribution in [-0.2, 0) is 6.18 Å². The van der Waals surface area contributed by atoms with Gasteiger partial charge in [-0.05, 0) is 49.4 Å². The number of rotatable bonds is 3. The Balaban J connectivity index is 1.88. The number of aromatic amines is 1. The van der Waals surface area contributed by atoms with Gasteiger partial charge in [0.05, 0.1) is 28.2 Å². The third kappa shape index (κ3) is 3.71. The van der Waals surface area contributed by atoms with E-state index in [1.165, 1.54) is 12.1 Å². The highest BCUT2D eigenvalue weighted by molar-refractivity contribution is 5.70. The summed E-state index contributed by atoms with van der Waals surface area (Å²) in [5.41, 5.74) is 2.50. The SMILES string of the molecule is Cc1ccc(-c2cc(-c3ccccc3)n(-c3ccc(C(F)(F)F)cc3)n2)c(=O)[nH]1. The molecule has 0 fully saturated rings. The lowest BCUT2D eigenvalue weighted by Crippen LogP contribution is -2.10. The molecule has 0 bridgehead atoms. The molecule has 2 aromatic heterocycles. The molecule has 1 N–H and O–H groups in total. The topological polar surface area (TPSA) is 50.7 Å². The van der Waals surface area contributed by atoms with E-state index >= 15 is 0 Å². The first-order valence-electron chi connectivity index (χ1n) is 8.86. The maximum Gasteiger partial charge on any atom is 0.416 e. The summed E-state index contributed by atoms with van der Waals surface area (Å²) in [5.74, 6) is 0. The zero-order chi connectivity index (χ0) is 20.6. The average Bonchev–Trinajstić information content (AvgIpc) is 3.13. The van der Waals surface area contributed by atoms with E-state index in [1.807, 2.05) is 30.3 Å². The van der Waals surface area contributed by atoms with Gasteiger partial charge in [-0.25, -0.2) is 4.68 Å². The van der Waals surface area contributed by atoms with Crippen LogP contribution in [0.15, 0.2) is 77.6 Å². The number of H-pyrrole nitrogens is 1. The van der Waals surface area contributed by atoms with Crippen molar-refractivity contribution in [3.63, 3.8) is 0 Å². The average molecular weight is 395 g/mol. The smallest absolute Gasteiger partial charge is 0.326 e. The molecule has 0 aliphatic rings. The number of alkyl halides is 3. The molecule has 0 aliphatic heterocycles. The molecule has 7 heteroatoms. The maximum absolute atomic E-state index is 12.9. The van der Waals surface area contributed by atoms with E-state index in [9.17, 15) is 18.0 Å². The summed E-state index contributed by atoms with van der Waals surface area (Å²) in [5, 5.41) is 4.52. The van der Waals surface area contributed by atoms with Gasteiger partial charge in [0, 0.05) is 11.3 Å². The van der Waals surface area contributed by atoms with Crippen LogP contribution >= 0.6 is 0 Å². The van der Waals surface area contributed by atoms with E-state index in [2.05, 4.69) is 10.1 Å². The first kappa shape index (κ1) is 18.7. The van der Waals surface area contributed by atoms with Gasteiger partial charge >= 0.3 is 6.18 Å². The van der Waals surface area contributed by atoms with Crippen LogP contribution in [0.1, 0.15) is 11.3 Å². The van der Waals surface area contributed by atoms with Crippen molar-refractivity contribution in [2.75, 3.05) is 0 Å². The van der Waals surface area contributed by atoms with Crippen LogP contribution < -0.4 is 5.56 Å². The Labute approximate surface area is 164 Å². The zero-order valence-electron chi connectivity index (χ0n) is 15.4. The fourth-order valence-electron chi connectivity index (χ4n) is 3.09. The molecule has 2 aromatic carbocycles. The summed E-state index contributed by atoms with van der Waals surface area (Å²) in [7, 11) is 0. The van der Waals surface area contributed by atoms with E-state index in [0.717, 1.165) is 23.4 Å². The number of halogens is 3. The molecule has 4 nitrogen and oxygen atoms in total. The summed E-state index contributed by atoms with van der Waals surface area (Å²) >= 11 is 0. The summed E-state index contributed by atoms with van der Waals surface area (Å²) < 4.78 is 40.3. The summed E-state index contributed by atoms with van der Waals surface area (Å²) in [6, 6.07) is 19.3. The Kier molecular flexibility index (Phi) is 4.58. The summed E-state index contributed by atoms with van der Waals surface area (Å²) in [4.78, 5) is 15.1. The molecular formula is C22H16F3N3O. The first-order chi connectivity index (χ1) is 13.8. The van der Waals surface area contributed by atoms with Gasteiger partial charge in [0.15, 0.2) is 0 Å². The highest BCUT2D eigenvalue weighted by Gasteiger charge is 2.30. The first-order valence-corrected chi connectivity index (χ1v) is 8.86. The molecule has 0 aliphatic carbocycles. The Bertz CT molecular complexity index is 1210. The fraction of sp³-hybridized carbons (Fsp3) is 0.0909. The number of hydrogen-bond acceptors (Lipinski definition) is 2. The van der Waals surface area contributed by atoms with Gasteiger partial charge in [0.1, 0.15) is 0 Å². The van der Waals surface area contributed by atoms with Gasteiger partial charge in [0.2, 0.25) is 0 Å². The summed E-state index contributed by atoms with van der Waals surface area (Å²) in [6.45, 7) is 1.78. The minimum atomic E-state index is -4.41. The molecule has 146 valence electrons. The molecule has 29 heavy (non-hydrogen) atoms. The van der Waals surface area contributed by atoms with Crippen LogP contribution in [0.2, 0.25) is 0 Å². The number of aryl methyl sites for hydroxylation is 1. The molecule has 0 saturated heterocycles. The quantitative estimate of drug-likeness (QED) is 0.517. The minimum absolute atomic E-state index is 0.276. The van der Waals surface area contributed by atoms with Gasteiger partial charge in [-0.3, -0.25) is 4.79 Å². The van der Waals surface area contributed by atoms with Crippen molar-refractivity contribution >= 4 is 0 Å². The molecular weight excluding hydrogens is 379 g/mol. The number of aromatic nitrogens is 3. The Morgan fingerprint density at radius 1 is 0.931 bits per heavy atom. The lowest BCUT2D eigenvalue weighted by atomic mass is 10.1. The molecule has 0 atom stereocenters. The van der Waals surface area contributed by atoms with Gasteiger partial charge in [-0.1, -0.05) is 30.3 Å².